The predicted octanol–water partition coefficient (Wildman–Crippen LogP) is 2.57. The van der Waals surface area contributed by atoms with E-state index in [9.17, 15) is 8.42 Å². The van der Waals surface area contributed by atoms with Crippen molar-refractivity contribution in [2.75, 3.05) is 26.7 Å². The Balaban J connectivity index is 2.03. The summed E-state index contributed by atoms with van der Waals surface area (Å²) in [6.45, 7) is 6.65. The summed E-state index contributed by atoms with van der Waals surface area (Å²) in [6.07, 6.45) is 2.84. The molecule has 1 N–H and O–H groups in total. The van der Waals surface area contributed by atoms with Gasteiger partial charge in [0.1, 0.15) is 4.21 Å². The van der Waals surface area contributed by atoms with Crippen molar-refractivity contribution in [2.24, 2.45) is 11.8 Å². The van der Waals surface area contributed by atoms with Gasteiger partial charge in [0.05, 0.1) is 0 Å². The van der Waals surface area contributed by atoms with Gasteiger partial charge >= 0.3 is 0 Å². The van der Waals surface area contributed by atoms with E-state index in [2.05, 4.69) is 19.2 Å². The number of nitrogens with zero attached hydrogens (tertiary/aromatic N) is 1. The molecular weight excluding hydrogens is 304 g/mol. The van der Waals surface area contributed by atoms with Crippen LogP contribution in [-0.4, -0.2) is 39.4 Å². The van der Waals surface area contributed by atoms with E-state index in [1.165, 1.54) is 11.3 Å². The number of hydrogen-bond donors (Lipinski definition) is 1. The zero-order valence-corrected chi connectivity index (χ0v) is 14.8. The fourth-order valence-electron chi connectivity index (χ4n) is 2.79. The summed E-state index contributed by atoms with van der Waals surface area (Å²) in [5, 5.41) is 3.09. The van der Waals surface area contributed by atoms with Gasteiger partial charge in [0, 0.05) is 18.0 Å². The van der Waals surface area contributed by atoms with Gasteiger partial charge in [-0.2, -0.15) is 4.31 Å². The molecule has 120 valence electrons. The third-order valence-corrected chi connectivity index (χ3v) is 7.81. The summed E-state index contributed by atoms with van der Waals surface area (Å²) in [7, 11) is -1.38. The van der Waals surface area contributed by atoms with Crippen LogP contribution in [-0.2, 0) is 16.4 Å². The summed E-state index contributed by atoms with van der Waals surface area (Å²) in [4.78, 5) is 1.12. The maximum atomic E-state index is 12.7. The van der Waals surface area contributed by atoms with E-state index in [4.69, 9.17) is 0 Å². The van der Waals surface area contributed by atoms with Crippen molar-refractivity contribution in [3.63, 3.8) is 0 Å². The van der Waals surface area contributed by atoms with Crippen molar-refractivity contribution in [3.8, 4) is 0 Å². The van der Waals surface area contributed by atoms with E-state index >= 15 is 0 Å². The molecule has 21 heavy (non-hydrogen) atoms. The van der Waals surface area contributed by atoms with Gasteiger partial charge in [-0.25, -0.2) is 8.42 Å². The lowest BCUT2D eigenvalue weighted by Gasteiger charge is -2.32. The number of rotatable bonds is 6. The van der Waals surface area contributed by atoms with Crippen LogP contribution in [0.3, 0.4) is 0 Å². The van der Waals surface area contributed by atoms with E-state index in [-0.39, 0.29) is 0 Å². The monoisotopic (exact) mass is 330 g/mol. The number of likely N-dealkylation sites (N-methyl/N-ethyl adjacent to an activating group) is 1. The van der Waals surface area contributed by atoms with Crippen LogP contribution in [0, 0.1) is 11.8 Å². The Morgan fingerprint density at radius 2 is 2.00 bits per heavy atom. The van der Waals surface area contributed by atoms with Gasteiger partial charge in [0.2, 0.25) is 0 Å². The second-order valence-corrected chi connectivity index (χ2v) is 9.39. The Morgan fingerprint density at radius 1 is 1.33 bits per heavy atom. The Morgan fingerprint density at radius 3 is 2.57 bits per heavy atom. The molecule has 1 fully saturated rings. The largest absolute Gasteiger partial charge is 0.319 e. The molecule has 0 aromatic carbocycles. The van der Waals surface area contributed by atoms with Crippen LogP contribution < -0.4 is 5.32 Å². The SMILES string of the molecule is CNCCc1ccc(S(=O)(=O)N2CCC(C(C)C)CC2)s1. The van der Waals surface area contributed by atoms with Crippen molar-refractivity contribution >= 4 is 21.4 Å². The zero-order chi connectivity index (χ0) is 15.5. The molecule has 1 aromatic rings. The van der Waals surface area contributed by atoms with Crippen molar-refractivity contribution in [1.82, 2.24) is 9.62 Å². The average Bonchev–Trinajstić information content (AvgIpc) is 2.94. The van der Waals surface area contributed by atoms with Crippen molar-refractivity contribution in [2.45, 2.75) is 37.3 Å². The topological polar surface area (TPSA) is 49.4 Å². The first kappa shape index (κ1) is 16.9. The molecule has 0 radical (unpaired) electrons. The predicted molar refractivity (Wildman–Crippen MR) is 88.3 cm³/mol. The lowest BCUT2D eigenvalue weighted by atomic mass is 9.87. The van der Waals surface area contributed by atoms with Crippen LogP contribution in [0.4, 0.5) is 0 Å². The Bertz CT molecular complexity index is 544. The van der Waals surface area contributed by atoms with Gasteiger partial charge in [0.25, 0.3) is 10.0 Å². The fraction of sp³-hybridized carbons (Fsp3) is 0.733. The highest BCUT2D eigenvalue weighted by Crippen LogP contribution is 2.30. The smallest absolute Gasteiger partial charge is 0.252 e. The summed E-state index contributed by atoms with van der Waals surface area (Å²) < 4.78 is 27.5. The molecule has 6 heteroatoms. The van der Waals surface area contributed by atoms with Gasteiger partial charge in [-0.3, -0.25) is 0 Å². The Kier molecular flexibility index (Phi) is 5.82. The number of sulfonamides is 1. The van der Waals surface area contributed by atoms with E-state index in [0.717, 1.165) is 30.7 Å². The molecule has 4 nitrogen and oxygen atoms in total. The number of piperidine rings is 1. The molecule has 2 rings (SSSR count). The average molecular weight is 331 g/mol. The second kappa shape index (κ2) is 7.22. The normalized spacial score (nSPS) is 18.5. The van der Waals surface area contributed by atoms with E-state index in [1.54, 1.807) is 10.4 Å². The Labute approximate surface area is 132 Å². The third-order valence-electron chi connectivity index (χ3n) is 4.29. The Hall–Kier alpha value is -0.430. The van der Waals surface area contributed by atoms with Crippen molar-refractivity contribution in [1.29, 1.82) is 0 Å². The lowest BCUT2D eigenvalue weighted by Crippen LogP contribution is -2.39. The molecule has 2 heterocycles. The molecule has 0 bridgehead atoms. The molecule has 1 aromatic heterocycles. The highest BCUT2D eigenvalue weighted by molar-refractivity contribution is 7.91. The first-order chi connectivity index (χ1) is 9.95. The van der Waals surface area contributed by atoms with Crippen molar-refractivity contribution in [3.05, 3.63) is 17.0 Å². The molecule has 0 unspecified atom stereocenters. The minimum absolute atomic E-state index is 0.497. The summed E-state index contributed by atoms with van der Waals surface area (Å²) >= 11 is 1.41. The highest BCUT2D eigenvalue weighted by atomic mass is 32.2. The first-order valence-electron chi connectivity index (χ1n) is 7.68. The molecular formula is C15H26N2O2S2. The minimum Gasteiger partial charge on any atom is -0.319 e. The van der Waals surface area contributed by atoms with Gasteiger partial charge in [0.15, 0.2) is 0 Å². The quantitative estimate of drug-likeness (QED) is 0.872. The number of nitrogens with one attached hydrogen (secondary N) is 1. The highest BCUT2D eigenvalue weighted by Gasteiger charge is 2.31. The van der Waals surface area contributed by atoms with E-state index < -0.39 is 10.0 Å². The second-order valence-electron chi connectivity index (χ2n) is 6.06. The van der Waals surface area contributed by atoms with Crippen LogP contribution in [0.15, 0.2) is 16.3 Å². The van der Waals surface area contributed by atoms with Crippen LogP contribution in [0.1, 0.15) is 31.6 Å². The third kappa shape index (κ3) is 4.06. The van der Waals surface area contributed by atoms with Gasteiger partial charge in [-0.1, -0.05) is 13.8 Å². The lowest BCUT2D eigenvalue weighted by molar-refractivity contribution is 0.227. The molecule has 1 aliphatic heterocycles. The molecule has 0 amide bonds. The van der Waals surface area contributed by atoms with Gasteiger partial charge < -0.3 is 5.32 Å². The van der Waals surface area contributed by atoms with Crippen LogP contribution in [0.25, 0.3) is 0 Å². The molecule has 0 spiro atoms. The van der Waals surface area contributed by atoms with Gasteiger partial charge in [-0.05, 0) is 56.8 Å². The van der Waals surface area contributed by atoms with Crippen LogP contribution >= 0.6 is 11.3 Å². The number of hydrogen-bond acceptors (Lipinski definition) is 4. The van der Waals surface area contributed by atoms with E-state index in [0.29, 0.717) is 29.1 Å². The summed E-state index contributed by atoms with van der Waals surface area (Å²) in [5.74, 6) is 1.30. The zero-order valence-electron chi connectivity index (χ0n) is 13.1. The maximum Gasteiger partial charge on any atom is 0.252 e. The van der Waals surface area contributed by atoms with Crippen molar-refractivity contribution < 1.29 is 8.42 Å². The van der Waals surface area contributed by atoms with Gasteiger partial charge in [-0.15, -0.1) is 11.3 Å². The molecule has 0 aliphatic carbocycles. The maximum absolute atomic E-state index is 12.7. The first-order valence-corrected chi connectivity index (χ1v) is 9.94. The molecule has 0 atom stereocenters. The van der Waals surface area contributed by atoms with E-state index in [1.807, 2.05) is 13.1 Å². The summed E-state index contributed by atoms with van der Waals surface area (Å²) in [5.41, 5.74) is 0. The standard InChI is InChI=1S/C15H26N2O2S2/c1-12(2)13-7-10-17(11-8-13)21(18,19)15-5-4-14(20-15)6-9-16-3/h4-5,12-13,16H,6-11H2,1-3H3. The molecule has 1 saturated heterocycles. The van der Waals surface area contributed by atoms with Crippen LogP contribution in [0.2, 0.25) is 0 Å². The molecule has 0 saturated carbocycles. The summed E-state index contributed by atoms with van der Waals surface area (Å²) in [6, 6.07) is 3.70. The minimum atomic E-state index is -3.28. The fourth-order valence-corrected chi connectivity index (χ4v) is 5.77. The van der Waals surface area contributed by atoms with Crippen LogP contribution in [0.5, 0.6) is 0 Å². The molecule has 1 aliphatic rings. The number of thiophene rings is 1.